The van der Waals surface area contributed by atoms with Gasteiger partial charge in [0.25, 0.3) is 0 Å². The molecule has 1 aromatic carbocycles. The maximum Gasteiger partial charge on any atom is 0.319 e. The van der Waals surface area contributed by atoms with Crippen molar-refractivity contribution in [3.05, 3.63) is 23.8 Å². The van der Waals surface area contributed by atoms with E-state index in [1.165, 1.54) is 0 Å². The Hall–Kier alpha value is -2.04. The van der Waals surface area contributed by atoms with Crippen molar-refractivity contribution >= 4 is 23.3 Å². The highest BCUT2D eigenvalue weighted by Crippen LogP contribution is 2.27. The van der Waals surface area contributed by atoms with Crippen LogP contribution in [0.4, 0.5) is 16.2 Å². The van der Waals surface area contributed by atoms with Gasteiger partial charge in [0, 0.05) is 30.4 Å². The van der Waals surface area contributed by atoms with Crippen molar-refractivity contribution < 1.29 is 9.59 Å². The number of aryl methyl sites for hydroxylation is 1. The van der Waals surface area contributed by atoms with Gasteiger partial charge in [0.15, 0.2) is 0 Å². The first kappa shape index (κ1) is 14.4. The topological polar surface area (TPSA) is 61.4 Å². The van der Waals surface area contributed by atoms with Crippen LogP contribution in [0, 0.1) is 6.92 Å². The summed E-state index contributed by atoms with van der Waals surface area (Å²) in [5.41, 5.74) is 2.65. The first-order valence-electron chi connectivity index (χ1n) is 6.96. The molecule has 1 aliphatic heterocycles. The molecule has 20 heavy (non-hydrogen) atoms. The molecule has 1 heterocycles. The number of nitrogens with one attached hydrogen (secondary N) is 2. The summed E-state index contributed by atoms with van der Waals surface area (Å²) in [4.78, 5) is 25.2. The van der Waals surface area contributed by atoms with E-state index in [-0.39, 0.29) is 18.0 Å². The summed E-state index contributed by atoms with van der Waals surface area (Å²) >= 11 is 0. The van der Waals surface area contributed by atoms with Gasteiger partial charge in [0.2, 0.25) is 5.91 Å². The minimum Gasteiger partial charge on any atom is -0.336 e. The molecule has 0 bridgehead atoms. The quantitative estimate of drug-likeness (QED) is 0.891. The van der Waals surface area contributed by atoms with E-state index in [1.54, 1.807) is 0 Å². The van der Waals surface area contributed by atoms with E-state index in [0.717, 1.165) is 29.9 Å². The standard InChI is InChI=1S/C15H21N3O2/c1-10(2)16-15(20)17-12-6-7-13(11(3)9-12)18-8-4-5-14(18)19/h6-7,9-10H,4-5,8H2,1-3H3,(H2,16,17,20). The number of carbonyl (C=O) groups excluding carboxylic acids is 2. The number of amides is 3. The lowest BCUT2D eigenvalue weighted by atomic mass is 10.1. The molecule has 108 valence electrons. The van der Waals surface area contributed by atoms with Crippen molar-refractivity contribution in [2.45, 2.75) is 39.7 Å². The van der Waals surface area contributed by atoms with Gasteiger partial charge in [0.1, 0.15) is 0 Å². The third-order valence-electron chi connectivity index (χ3n) is 3.24. The molecule has 0 aromatic heterocycles. The molecule has 3 amide bonds. The normalized spacial score (nSPS) is 14.8. The molecule has 0 atom stereocenters. The third kappa shape index (κ3) is 3.29. The Labute approximate surface area is 119 Å². The van der Waals surface area contributed by atoms with Crippen molar-refractivity contribution in [2.24, 2.45) is 0 Å². The summed E-state index contributed by atoms with van der Waals surface area (Å²) in [6.45, 7) is 6.55. The van der Waals surface area contributed by atoms with Gasteiger partial charge in [-0.1, -0.05) is 0 Å². The highest BCUT2D eigenvalue weighted by molar-refractivity contribution is 5.96. The second-order valence-electron chi connectivity index (χ2n) is 5.40. The molecule has 5 heteroatoms. The van der Waals surface area contributed by atoms with Crippen molar-refractivity contribution in [3.63, 3.8) is 0 Å². The Balaban J connectivity index is 2.09. The molecule has 0 unspecified atom stereocenters. The van der Waals surface area contributed by atoms with Gasteiger partial charge in [-0.15, -0.1) is 0 Å². The monoisotopic (exact) mass is 275 g/mol. The number of urea groups is 1. The number of hydrogen-bond acceptors (Lipinski definition) is 2. The van der Waals surface area contributed by atoms with Crippen molar-refractivity contribution in [3.8, 4) is 0 Å². The minimum absolute atomic E-state index is 0.0950. The van der Waals surface area contributed by atoms with Crippen LogP contribution in [0.1, 0.15) is 32.3 Å². The molecule has 2 N–H and O–H groups in total. The van der Waals surface area contributed by atoms with Crippen LogP contribution in [0.3, 0.4) is 0 Å². The molecule has 1 aliphatic rings. The average Bonchev–Trinajstić information content (AvgIpc) is 2.74. The molecule has 1 fully saturated rings. The number of carbonyl (C=O) groups is 2. The second kappa shape index (κ2) is 5.94. The first-order valence-corrected chi connectivity index (χ1v) is 6.96. The number of nitrogens with zero attached hydrogens (tertiary/aromatic N) is 1. The van der Waals surface area contributed by atoms with Crippen LogP contribution in [0.15, 0.2) is 18.2 Å². The summed E-state index contributed by atoms with van der Waals surface area (Å²) in [7, 11) is 0. The van der Waals surface area contributed by atoms with E-state index in [4.69, 9.17) is 0 Å². The first-order chi connectivity index (χ1) is 9.47. The van der Waals surface area contributed by atoms with Gasteiger partial charge in [-0.25, -0.2) is 4.79 Å². The van der Waals surface area contributed by atoms with Gasteiger partial charge < -0.3 is 15.5 Å². The van der Waals surface area contributed by atoms with E-state index < -0.39 is 0 Å². The predicted molar refractivity (Wildman–Crippen MR) is 80.1 cm³/mol. The summed E-state index contributed by atoms with van der Waals surface area (Å²) in [5.74, 6) is 0.173. The summed E-state index contributed by atoms with van der Waals surface area (Å²) < 4.78 is 0. The maximum absolute atomic E-state index is 11.8. The van der Waals surface area contributed by atoms with Gasteiger partial charge in [0.05, 0.1) is 0 Å². The summed E-state index contributed by atoms with van der Waals surface area (Å²) in [5, 5.41) is 5.56. The molecule has 5 nitrogen and oxygen atoms in total. The maximum atomic E-state index is 11.8. The van der Waals surface area contributed by atoms with Crippen molar-refractivity contribution in [1.82, 2.24) is 5.32 Å². The van der Waals surface area contributed by atoms with Crippen molar-refractivity contribution in [2.75, 3.05) is 16.8 Å². The highest BCUT2D eigenvalue weighted by atomic mass is 16.2. The zero-order valence-electron chi connectivity index (χ0n) is 12.2. The van der Waals surface area contributed by atoms with Gasteiger partial charge in [-0.3, -0.25) is 4.79 Å². The number of benzene rings is 1. The Morgan fingerprint density at radius 3 is 2.65 bits per heavy atom. The Bertz CT molecular complexity index is 526. The Morgan fingerprint density at radius 1 is 1.35 bits per heavy atom. The van der Waals surface area contributed by atoms with Crippen LogP contribution in [0.5, 0.6) is 0 Å². The molecular formula is C15H21N3O2. The zero-order chi connectivity index (χ0) is 14.7. The predicted octanol–water partition coefficient (Wildman–Crippen LogP) is 2.65. The lowest BCUT2D eigenvalue weighted by Crippen LogP contribution is -2.34. The number of rotatable bonds is 3. The second-order valence-corrected chi connectivity index (χ2v) is 5.40. The Morgan fingerprint density at radius 2 is 2.10 bits per heavy atom. The smallest absolute Gasteiger partial charge is 0.319 e. The fourth-order valence-electron chi connectivity index (χ4n) is 2.37. The van der Waals surface area contributed by atoms with Crippen LogP contribution < -0.4 is 15.5 Å². The largest absolute Gasteiger partial charge is 0.336 e. The molecular weight excluding hydrogens is 254 g/mol. The minimum atomic E-state index is -0.218. The highest BCUT2D eigenvalue weighted by Gasteiger charge is 2.22. The average molecular weight is 275 g/mol. The van der Waals surface area contributed by atoms with E-state index in [0.29, 0.717) is 6.42 Å². The molecule has 0 radical (unpaired) electrons. The zero-order valence-corrected chi connectivity index (χ0v) is 12.2. The molecule has 1 saturated heterocycles. The van der Waals surface area contributed by atoms with E-state index >= 15 is 0 Å². The summed E-state index contributed by atoms with van der Waals surface area (Å²) in [6, 6.07) is 5.49. The van der Waals surface area contributed by atoms with Crippen LogP contribution in [0.2, 0.25) is 0 Å². The fraction of sp³-hybridized carbons (Fsp3) is 0.467. The summed E-state index contributed by atoms with van der Waals surface area (Å²) in [6.07, 6.45) is 1.53. The van der Waals surface area contributed by atoms with Crippen LogP contribution in [-0.4, -0.2) is 24.5 Å². The fourth-order valence-corrected chi connectivity index (χ4v) is 2.37. The number of anilines is 2. The molecule has 1 aromatic rings. The van der Waals surface area contributed by atoms with Crippen LogP contribution in [-0.2, 0) is 4.79 Å². The lowest BCUT2D eigenvalue weighted by molar-refractivity contribution is -0.117. The lowest BCUT2D eigenvalue weighted by Gasteiger charge is -2.19. The van der Waals surface area contributed by atoms with E-state index in [2.05, 4.69) is 10.6 Å². The van der Waals surface area contributed by atoms with Crippen LogP contribution >= 0.6 is 0 Å². The van der Waals surface area contributed by atoms with Gasteiger partial charge in [-0.2, -0.15) is 0 Å². The van der Waals surface area contributed by atoms with Gasteiger partial charge in [-0.05, 0) is 51.0 Å². The number of hydrogen-bond donors (Lipinski definition) is 2. The SMILES string of the molecule is Cc1cc(NC(=O)NC(C)C)ccc1N1CCCC1=O. The molecule has 0 saturated carbocycles. The third-order valence-corrected chi connectivity index (χ3v) is 3.24. The van der Waals surface area contributed by atoms with Gasteiger partial charge >= 0.3 is 6.03 Å². The van der Waals surface area contributed by atoms with E-state index in [1.807, 2.05) is 43.9 Å². The van der Waals surface area contributed by atoms with Crippen molar-refractivity contribution in [1.29, 1.82) is 0 Å². The molecule has 2 rings (SSSR count). The van der Waals surface area contributed by atoms with E-state index in [9.17, 15) is 9.59 Å². The molecule has 0 aliphatic carbocycles. The van der Waals surface area contributed by atoms with Crippen LogP contribution in [0.25, 0.3) is 0 Å². The Kier molecular flexibility index (Phi) is 4.27. The molecule has 0 spiro atoms.